The van der Waals surface area contributed by atoms with Crippen LogP contribution in [0.15, 0.2) is 28.8 Å². The number of nitrogens with zero attached hydrogens (tertiary/aromatic N) is 3. The van der Waals surface area contributed by atoms with Crippen molar-refractivity contribution in [3.63, 3.8) is 0 Å². The fourth-order valence-corrected chi connectivity index (χ4v) is 2.75. The Hall–Kier alpha value is -1.88. The first-order valence-electron chi connectivity index (χ1n) is 8.47. The third-order valence-corrected chi connectivity index (χ3v) is 4.72. The Labute approximate surface area is 147 Å². The molecule has 0 spiro atoms. The average Bonchev–Trinajstić information content (AvgIpc) is 3.34. The number of hydrogen-bond donors (Lipinski definition) is 0. The van der Waals surface area contributed by atoms with Gasteiger partial charge in [0.1, 0.15) is 0 Å². The molecule has 1 aromatic carbocycles. The highest BCUT2D eigenvalue weighted by Gasteiger charge is 2.34. The molecule has 0 N–H and O–H groups in total. The number of amides is 1. The van der Waals surface area contributed by atoms with Crippen LogP contribution in [0.1, 0.15) is 39.0 Å². The van der Waals surface area contributed by atoms with Gasteiger partial charge in [-0.3, -0.25) is 4.79 Å². The molecule has 0 bridgehead atoms. The Morgan fingerprint density at radius 2 is 2.08 bits per heavy atom. The molecule has 128 valence electrons. The number of aromatic nitrogens is 2. The highest BCUT2D eigenvalue weighted by Crippen LogP contribution is 2.32. The largest absolute Gasteiger partial charge is 0.339 e. The predicted molar refractivity (Wildman–Crippen MR) is 92.6 cm³/mol. The fraction of sp³-hybridized carbons (Fsp3) is 0.500. The minimum atomic E-state index is 0.228. The van der Waals surface area contributed by atoms with Gasteiger partial charge in [0.15, 0.2) is 0 Å². The lowest BCUT2D eigenvalue weighted by molar-refractivity contribution is -0.134. The number of hydrogen-bond acceptors (Lipinski definition) is 4. The molecule has 0 radical (unpaired) electrons. The van der Waals surface area contributed by atoms with E-state index >= 15 is 0 Å². The van der Waals surface area contributed by atoms with Crippen molar-refractivity contribution >= 4 is 17.5 Å². The standard InChI is InChI=1S/C18H22ClN3O2/c1-3-12(2)22(18(23)14-4-5-14)11-10-16-20-17(21-24-16)13-6-8-15(19)9-7-13/h6-9,12,14H,3-5,10-11H2,1-2H3. The van der Waals surface area contributed by atoms with Crippen molar-refractivity contribution in [3.05, 3.63) is 35.2 Å². The molecule has 5 nitrogen and oxygen atoms in total. The summed E-state index contributed by atoms with van der Waals surface area (Å²) < 4.78 is 5.34. The minimum absolute atomic E-state index is 0.228. The Kier molecular flexibility index (Phi) is 5.19. The zero-order valence-corrected chi connectivity index (χ0v) is 14.8. The highest BCUT2D eigenvalue weighted by molar-refractivity contribution is 6.30. The molecule has 6 heteroatoms. The molecule has 1 aliphatic rings. The molecular weight excluding hydrogens is 326 g/mol. The Morgan fingerprint density at radius 3 is 2.71 bits per heavy atom. The van der Waals surface area contributed by atoms with Gasteiger partial charge in [0.05, 0.1) is 0 Å². The Balaban J connectivity index is 1.64. The Bertz CT molecular complexity index is 695. The maximum Gasteiger partial charge on any atom is 0.228 e. The van der Waals surface area contributed by atoms with E-state index in [4.69, 9.17) is 16.1 Å². The van der Waals surface area contributed by atoms with E-state index in [0.717, 1.165) is 24.8 Å². The molecule has 1 heterocycles. The lowest BCUT2D eigenvalue weighted by atomic mass is 10.2. The van der Waals surface area contributed by atoms with Crippen molar-refractivity contribution in [1.29, 1.82) is 0 Å². The van der Waals surface area contributed by atoms with Crippen molar-refractivity contribution < 1.29 is 9.32 Å². The summed E-state index contributed by atoms with van der Waals surface area (Å²) in [6.07, 6.45) is 3.56. The lowest BCUT2D eigenvalue weighted by Gasteiger charge is -2.28. The van der Waals surface area contributed by atoms with E-state index in [-0.39, 0.29) is 17.9 Å². The van der Waals surface area contributed by atoms with Crippen LogP contribution >= 0.6 is 11.6 Å². The first-order valence-corrected chi connectivity index (χ1v) is 8.85. The predicted octanol–water partition coefficient (Wildman–Crippen LogP) is 3.97. The van der Waals surface area contributed by atoms with Crippen molar-refractivity contribution in [2.75, 3.05) is 6.54 Å². The molecule has 1 atom stereocenters. The molecule has 3 rings (SSSR count). The maximum atomic E-state index is 12.4. The van der Waals surface area contributed by atoms with Crippen molar-refractivity contribution in [1.82, 2.24) is 15.0 Å². The smallest absolute Gasteiger partial charge is 0.228 e. The van der Waals surface area contributed by atoms with Crippen LogP contribution in [0.25, 0.3) is 11.4 Å². The van der Waals surface area contributed by atoms with Crippen LogP contribution in [-0.2, 0) is 11.2 Å². The number of benzene rings is 1. The van der Waals surface area contributed by atoms with Gasteiger partial charge in [-0.25, -0.2) is 0 Å². The highest BCUT2D eigenvalue weighted by atomic mass is 35.5. The van der Waals surface area contributed by atoms with Gasteiger partial charge in [-0.15, -0.1) is 0 Å². The average molecular weight is 348 g/mol. The molecule has 2 aromatic rings. The van der Waals surface area contributed by atoms with Gasteiger partial charge in [0.25, 0.3) is 0 Å². The van der Waals surface area contributed by atoms with Gasteiger partial charge >= 0.3 is 0 Å². The van der Waals surface area contributed by atoms with E-state index in [9.17, 15) is 4.79 Å². The summed E-state index contributed by atoms with van der Waals surface area (Å²) in [5.41, 5.74) is 0.863. The number of rotatable bonds is 7. The number of halogens is 1. The summed E-state index contributed by atoms with van der Waals surface area (Å²) in [7, 11) is 0. The summed E-state index contributed by atoms with van der Waals surface area (Å²) in [6.45, 7) is 4.81. The van der Waals surface area contributed by atoms with Crippen LogP contribution < -0.4 is 0 Å². The maximum absolute atomic E-state index is 12.4. The van der Waals surface area contributed by atoms with Gasteiger partial charge in [-0.2, -0.15) is 4.98 Å². The van der Waals surface area contributed by atoms with E-state index in [1.54, 1.807) is 12.1 Å². The molecule has 1 fully saturated rings. The van der Waals surface area contributed by atoms with E-state index in [1.165, 1.54) is 0 Å². The van der Waals surface area contributed by atoms with Crippen molar-refractivity contribution in [2.45, 2.75) is 45.6 Å². The summed E-state index contributed by atoms with van der Waals surface area (Å²) in [5.74, 6) is 1.59. The molecule has 1 unspecified atom stereocenters. The Morgan fingerprint density at radius 1 is 1.38 bits per heavy atom. The summed E-state index contributed by atoms with van der Waals surface area (Å²) in [4.78, 5) is 18.8. The minimum Gasteiger partial charge on any atom is -0.339 e. The molecule has 1 saturated carbocycles. The topological polar surface area (TPSA) is 59.2 Å². The normalized spacial score (nSPS) is 15.3. The first-order chi connectivity index (χ1) is 11.6. The van der Waals surface area contributed by atoms with Crippen LogP contribution in [0, 0.1) is 5.92 Å². The number of carbonyl (C=O) groups is 1. The summed E-state index contributed by atoms with van der Waals surface area (Å²) in [6, 6.07) is 7.55. The van der Waals surface area contributed by atoms with Gasteiger partial charge in [0.2, 0.25) is 17.6 Å². The molecule has 0 aliphatic heterocycles. The third-order valence-electron chi connectivity index (χ3n) is 4.47. The molecule has 1 amide bonds. The monoisotopic (exact) mass is 347 g/mol. The van der Waals surface area contributed by atoms with E-state index in [1.807, 2.05) is 17.0 Å². The van der Waals surface area contributed by atoms with Crippen LogP contribution in [0.2, 0.25) is 5.02 Å². The van der Waals surface area contributed by atoms with E-state index in [0.29, 0.717) is 29.7 Å². The molecule has 0 saturated heterocycles. The zero-order chi connectivity index (χ0) is 17.1. The summed E-state index contributed by atoms with van der Waals surface area (Å²) >= 11 is 5.89. The summed E-state index contributed by atoms with van der Waals surface area (Å²) in [5, 5.41) is 4.69. The first kappa shape index (κ1) is 17.0. The third kappa shape index (κ3) is 3.96. The van der Waals surface area contributed by atoms with Gasteiger partial charge in [-0.1, -0.05) is 23.7 Å². The van der Waals surface area contributed by atoms with Crippen LogP contribution in [0.4, 0.5) is 0 Å². The molecule has 1 aromatic heterocycles. The van der Waals surface area contributed by atoms with Gasteiger partial charge < -0.3 is 9.42 Å². The molecule has 24 heavy (non-hydrogen) atoms. The van der Waals surface area contributed by atoms with E-state index < -0.39 is 0 Å². The van der Waals surface area contributed by atoms with Crippen molar-refractivity contribution in [2.24, 2.45) is 5.92 Å². The molecule has 1 aliphatic carbocycles. The second-order valence-electron chi connectivity index (χ2n) is 6.33. The SMILES string of the molecule is CCC(C)N(CCc1nc(-c2ccc(Cl)cc2)no1)C(=O)C1CC1. The second-order valence-corrected chi connectivity index (χ2v) is 6.77. The van der Waals surface area contributed by atoms with Gasteiger partial charge in [-0.05, 0) is 50.5 Å². The van der Waals surface area contributed by atoms with Gasteiger partial charge in [0, 0.05) is 35.5 Å². The lowest BCUT2D eigenvalue weighted by Crippen LogP contribution is -2.40. The quantitative estimate of drug-likeness (QED) is 0.760. The fourth-order valence-electron chi connectivity index (χ4n) is 2.62. The van der Waals surface area contributed by atoms with Crippen LogP contribution in [-0.4, -0.2) is 33.5 Å². The zero-order valence-electron chi connectivity index (χ0n) is 14.0. The van der Waals surface area contributed by atoms with Crippen molar-refractivity contribution in [3.8, 4) is 11.4 Å². The number of carbonyl (C=O) groups excluding carboxylic acids is 1. The van der Waals surface area contributed by atoms with E-state index in [2.05, 4.69) is 24.0 Å². The van der Waals surface area contributed by atoms with Crippen LogP contribution in [0.3, 0.4) is 0 Å². The second kappa shape index (κ2) is 7.34. The van der Waals surface area contributed by atoms with Crippen LogP contribution in [0.5, 0.6) is 0 Å². The molecular formula is C18H22ClN3O2.